The number of methoxy groups -OCH3 is 1. The van der Waals surface area contributed by atoms with E-state index in [1.807, 2.05) is 23.1 Å². The van der Waals surface area contributed by atoms with Gasteiger partial charge in [-0.3, -0.25) is 19.8 Å². The zero-order chi connectivity index (χ0) is 19.2. The molecule has 1 heterocycles. The molecule has 2 aromatic carbocycles. The molecule has 1 saturated heterocycles. The van der Waals surface area contributed by atoms with Gasteiger partial charge in [-0.25, -0.2) is 0 Å². The van der Waals surface area contributed by atoms with Crippen molar-refractivity contribution >= 4 is 11.6 Å². The summed E-state index contributed by atoms with van der Waals surface area (Å²) >= 11 is 0. The summed E-state index contributed by atoms with van der Waals surface area (Å²) in [7, 11) is 1.59. The van der Waals surface area contributed by atoms with Crippen LogP contribution in [0.4, 0.5) is 5.69 Å². The molecule has 0 atom stereocenters. The van der Waals surface area contributed by atoms with Gasteiger partial charge in [-0.15, -0.1) is 0 Å². The maximum atomic E-state index is 12.6. The molecule has 0 aliphatic carbocycles. The first-order valence-electron chi connectivity index (χ1n) is 8.96. The van der Waals surface area contributed by atoms with Gasteiger partial charge >= 0.3 is 0 Å². The van der Waals surface area contributed by atoms with E-state index in [-0.39, 0.29) is 16.5 Å². The van der Waals surface area contributed by atoms with E-state index in [0.29, 0.717) is 24.4 Å². The first-order valence-corrected chi connectivity index (χ1v) is 8.96. The molecule has 7 nitrogen and oxygen atoms in total. The molecule has 0 spiro atoms. The van der Waals surface area contributed by atoms with Crippen LogP contribution in [-0.2, 0) is 6.42 Å². The van der Waals surface area contributed by atoms with Gasteiger partial charge in [-0.05, 0) is 30.2 Å². The lowest BCUT2D eigenvalue weighted by molar-refractivity contribution is -0.384. The standard InChI is InChI=1S/C20H23N3O4/c1-27-19-4-2-3-17(15-19)20(24)22-13-11-21(12-14-22)10-9-16-5-7-18(8-6-16)23(25)26/h2-8,15H,9-14H2,1H3. The van der Waals surface area contributed by atoms with Crippen LogP contribution in [0.1, 0.15) is 15.9 Å². The van der Waals surface area contributed by atoms with Gasteiger partial charge in [-0.2, -0.15) is 0 Å². The molecule has 0 unspecified atom stereocenters. The van der Waals surface area contributed by atoms with Crippen LogP contribution in [0.2, 0.25) is 0 Å². The predicted octanol–water partition coefficient (Wildman–Crippen LogP) is 2.60. The van der Waals surface area contributed by atoms with Crippen molar-refractivity contribution in [1.82, 2.24) is 9.80 Å². The second kappa shape index (κ2) is 8.64. The molecule has 2 aromatic rings. The summed E-state index contributed by atoms with van der Waals surface area (Å²) in [5.41, 5.74) is 1.84. The fraction of sp³-hybridized carbons (Fsp3) is 0.350. The van der Waals surface area contributed by atoms with Crippen LogP contribution in [-0.4, -0.2) is 60.5 Å². The van der Waals surface area contributed by atoms with Gasteiger partial charge in [0, 0.05) is 50.4 Å². The zero-order valence-electron chi connectivity index (χ0n) is 15.3. The number of benzene rings is 2. The maximum Gasteiger partial charge on any atom is 0.269 e. The van der Waals surface area contributed by atoms with E-state index in [9.17, 15) is 14.9 Å². The second-order valence-electron chi connectivity index (χ2n) is 6.54. The van der Waals surface area contributed by atoms with Crippen LogP contribution in [0.15, 0.2) is 48.5 Å². The number of nitro benzene ring substituents is 1. The lowest BCUT2D eigenvalue weighted by Crippen LogP contribution is -2.49. The van der Waals surface area contributed by atoms with E-state index in [2.05, 4.69) is 4.90 Å². The number of carbonyl (C=O) groups excluding carboxylic acids is 1. The number of ether oxygens (including phenoxy) is 1. The van der Waals surface area contributed by atoms with Gasteiger partial charge < -0.3 is 9.64 Å². The molecule has 7 heteroatoms. The van der Waals surface area contributed by atoms with Crippen molar-refractivity contribution in [1.29, 1.82) is 0 Å². The molecule has 1 amide bonds. The Morgan fingerprint density at radius 2 is 1.81 bits per heavy atom. The third-order valence-corrected chi connectivity index (χ3v) is 4.84. The number of nitrogens with zero attached hydrogens (tertiary/aromatic N) is 3. The van der Waals surface area contributed by atoms with Crippen LogP contribution in [0.3, 0.4) is 0 Å². The number of piperazine rings is 1. The summed E-state index contributed by atoms with van der Waals surface area (Å²) in [4.78, 5) is 27.1. The third kappa shape index (κ3) is 4.83. The minimum absolute atomic E-state index is 0.0314. The molecule has 1 aliphatic heterocycles. The van der Waals surface area contributed by atoms with Crippen molar-refractivity contribution in [3.8, 4) is 5.75 Å². The average Bonchev–Trinajstić information content (AvgIpc) is 2.72. The number of hydrogen-bond donors (Lipinski definition) is 0. The lowest BCUT2D eigenvalue weighted by Gasteiger charge is -2.34. The summed E-state index contributed by atoms with van der Waals surface area (Å²) < 4.78 is 5.19. The van der Waals surface area contributed by atoms with Crippen LogP contribution in [0.5, 0.6) is 5.75 Å². The average molecular weight is 369 g/mol. The first kappa shape index (κ1) is 18.8. The molecular weight excluding hydrogens is 346 g/mol. The molecule has 3 rings (SSSR count). The molecular formula is C20H23N3O4. The summed E-state index contributed by atoms with van der Waals surface area (Å²) in [6, 6.07) is 13.9. The van der Waals surface area contributed by atoms with Gasteiger partial charge in [0.1, 0.15) is 5.75 Å². The Bertz CT molecular complexity index is 799. The quantitative estimate of drug-likeness (QED) is 0.578. The Hall–Kier alpha value is -2.93. The van der Waals surface area contributed by atoms with Crippen LogP contribution in [0, 0.1) is 10.1 Å². The van der Waals surface area contributed by atoms with Crippen LogP contribution in [0.25, 0.3) is 0 Å². The number of rotatable bonds is 6. The van der Waals surface area contributed by atoms with E-state index in [1.165, 1.54) is 0 Å². The number of amides is 1. The Kier molecular flexibility index (Phi) is 6.03. The van der Waals surface area contributed by atoms with Crippen molar-refractivity contribution < 1.29 is 14.5 Å². The van der Waals surface area contributed by atoms with E-state index < -0.39 is 0 Å². The van der Waals surface area contributed by atoms with E-state index in [4.69, 9.17) is 4.74 Å². The molecule has 27 heavy (non-hydrogen) atoms. The van der Waals surface area contributed by atoms with Gasteiger partial charge in [0.15, 0.2) is 0 Å². The summed E-state index contributed by atoms with van der Waals surface area (Å²) in [6.07, 6.45) is 0.835. The van der Waals surface area contributed by atoms with Crippen molar-refractivity contribution in [2.45, 2.75) is 6.42 Å². The molecule has 0 N–H and O–H groups in total. The fourth-order valence-corrected chi connectivity index (χ4v) is 3.18. The van der Waals surface area contributed by atoms with Crippen molar-refractivity contribution in [3.63, 3.8) is 0 Å². The smallest absolute Gasteiger partial charge is 0.269 e. The number of nitro groups is 1. The first-order chi connectivity index (χ1) is 13.1. The van der Waals surface area contributed by atoms with Crippen molar-refractivity contribution in [3.05, 3.63) is 69.8 Å². The van der Waals surface area contributed by atoms with Crippen molar-refractivity contribution in [2.24, 2.45) is 0 Å². The molecule has 1 fully saturated rings. The monoisotopic (exact) mass is 369 g/mol. The minimum Gasteiger partial charge on any atom is -0.497 e. The zero-order valence-corrected chi connectivity index (χ0v) is 15.3. The topological polar surface area (TPSA) is 75.9 Å². The highest BCUT2D eigenvalue weighted by Crippen LogP contribution is 2.16. The lowest BCUT2D eigenvalue weighted by atomic mass is 10.1. The van der Waals surface area contributed by atoms with Crippen LogP contribution < -0.4 is 4.74 Å². The fourth-order valence-electron chi connectivity index (χ4n) is 3.18. The second-order valence-corrected chi connectivity index (χ2v) is 6.54. The molecule has 0 aromatic heterocycles. The van der Waals surface area contributed by atoms with Gasteiger partial charge in [0.2, 0.25) is 0 Å². The van der Waals surface area contributed by atoms with E-state index in [0.717, 1.165) is 31.6 Å². The molecule has 1 aliphatic rings. The highest BCUT2D eigenvalue weighted by molar-refractivity contribution is 5.94. The van der Waals surface area contributed by atoms with E-state index >= 15 is 0 Å². The molecule has 142 valence electrons. The molecule has 0 radical (unpaired) electrons. The summed E-state index contributed by atoms with van der Waals surface area (Å²) in [5, 5.41) is 10.7. The van der Waals surface area contributed by atoms with Crippen molar-refractivity contribution in [2.75, 3.05) is 39.8 Å². The van der Waals surface area contributed by atoms with Gasteiger partial charge in [-0.1, -0.05) is 18.2 Å². The van der Waals surface area contributed by atoms with Gasteiger partial charge in [0.05, 0.1) is 12.0 Å². The molecule has 0 bridgehead atoms. The number of carbonyl (C=O) groups is 1. The maximum absolute atomic E-state index is 12.6. The Morgan fingerprint density at radius 3 is 2.44 bits per heavy atom. The number of non-ortho nitro benzene ring substituents is 1. The van der Waals surface area contributed by atoms with E-state index in [1.54, 1.807) is 37.4 Å². The Morgan fingerprint density at radius 1 is 1.11 bits per heavy atom. The SMILES string of the molecule is COc1cccc(C(=O)N2CCN(CCc3ccc([N+](=O)[O-])cc3)CC2)c1. The Labute approximate surface area is 158 Å². The highest BCUT2D eigenvalue weighted by Gasteiger charge is 2.22. The number of hydrogen-bond acceptors (Lipinski definition) is 5. The summed E-state index contributed by atoms with van der Waals surface area (Å²) in [6.45, 7) is 3.90. The van der Waals surface area contributed by atoms with Gasteiger partial charge in [0.25, 0.3) is 11.6 Å². The normalized spacial score (nSPS) is 14.8. The minimum atomic E-state index is -0.387. The van der Waals surface area contributed by atoms with Crippen LogP contribution >= 0.6 is 0 Å². The summed E-state index contributed by atoms with van der Waals surface area (Å²) in [5.74, 6) is 0.714. The molecule has 0 saturated carbocycles. The Balaban J connectivity index is 1.48. The largest absolute Gasteiger partial charge is 0.497 e. The highest BCUT2D eigenvalue weighted by atomic mass is 16.6. The predicted molar refractivity (Wildman–Crippen MR) is 102 cm³/mol. The third-order valence-electron chi connectivity index (χ3n) is 4.84.